The van der Waals surface area contributed by atoms with Crippen molar-refractivity contribution in [1.82, 2.24) is 9.97 Å². The van der Waals surface area contributed by atoms with Crippen LogP contribution in [0.3, 0.4) is 0 Å². The van der Waals surface area contributed by atoms with Crippen molar-refractivity contribution in [2.45, 2.75) is 25.7 Å². The fourth-order valence-corrected chi connectivity index (χ4v) is 1.11. The molecular weight excluding hydrogens is 182 g/mol. The SMILES string of the molecule is N#CCCCCc1nc(O)cc(=O)[nH]1. The quantitative estimate of drug-likeness (QED) is 0.689. The van der Waals surface area contributed by atoms with Crippen LogP contribution in [-0.4, -0.2) is 15.1 Å². The van der Waals surface area contributed by atoms with Gasteiger partial charge in [0.05, 0.1) is 12.1 Å². The first-order valence-corrected chi connectivity index (χ1v) is 4.38. The zero-order valence-corrected chi connectivity index (χ0v) is 7.66. The molecule has 0 aromatic carbocycles. The van der Waals surface area contributed by atoms with E-state index in [1.807, 2.05) is 6.07 Å². The van der Waals surface area contributed by atoms with Gasteiger partial charge in [-0.3, -0.25) is 4.79 Å². The van der Waals surface area contributed by atoms with Gasteiger partial charge in [-0.2, -0.15) is 5.26 Å². The van der Waals surface area contributed by atoms with Gasteiger partial charge in [-0.05, 0) is 12.8 Å². The van der Waals surface area contributed by atoms with Crippen molar-refractivity contribution in [3.63, 3.8) is 0 Å². The van der Waals surface area contributed by atoms with E-state index in [1.54, 1.807) is 0 Å². The van der Waals surface area contributed by atoms with Crippen LogP contribution in [0.15, 0.2) is 10.9 Å². The summed E-state index contributed by atoms with van der Waals surface area (Å²) in [5.41, 5.74) is -0.354. The number of aromatic hydroxyl groups is 1. The van der Waals surface area contributed by atoms with Crippen molar-refractivity contribution in [2.75, 3.05) is 0 Å². The van der Waals surface area contributed by atoms with E-state index in [1.165, 1.54) is 0 Å². The molecule has 1 aromatic rings. The number of aromatic amines is 1. The van der Waals surface area contributed by atoms with Crippen molar-refractivity contribution in [1.29, 1.82) is 5.26 Å². The van der Waals surface area contributed by atoms with Gasteiger partial charge in [-0.1, -0.05) is 0 Å². The largest absolute Gasteiger partial charge is 0.493 e. The van der Waals surface area contributed by atoms with Gasteiger partial charge in [0, 0.05) is 12.8 Å². The normalized spacial score (nSPS) is 9.64. The number of nitriles is 1. The van der Waals surface area contributed by atoms with E-state index < -0.39 is 0 Å². The smallest absolute Gasteiger partial charge is 0.254 e. The first kappa shape index (κ1) is 10.3. The second kappa shape index (κ2) is 5.02. The van der Waals surface area contributed by atoms with Gasteiger partial charge < -0.3 is 10.1 Å². The Kier molecular flexibility index (Phi) is 3.68. The molecule has 0 aliphatic heterocycles. The van der Waals surface area contributed by atoms with E-state index in [0.29, 0.717) is 18.7 Å². The highest BCUT2D eigenvalue weighted by Crippen LogP contribution is 2.03. The fraction of sp³-hybridized carbons (Fsp3) is 0.444. The minimum absolute atomic E-state index is 0.260. The average molecular weight is 193 g/mol. The molecule has 0 bridgehead atoms. The number of nitrogens with one attached hydrogen (secondary N) is 1. The topological polar surface area (TPSA) is 89.8 Å². The third-order valence-corrected chi connectivity index (χ3v) is 1.73. The average Bonchev–Trinajstić information content (AvgIpc) is 2.11. The molecule has 0 atom stereocenters. The third kappa shape index (κ3) is 3.27. The number of H-pyrrole nitrogens is 1. The van der Waals surface area contributed by atoms with Crippen molar-refractivity contribution in [2.24, 2.45) is 0 Å². The first-order valence-electron chi connectivity index (χ1n) is 4.38. The van der Waals surface area contributed by atoms with Crippen LogP contribution in [0.2, 0.25) is 0 Å². The van der Waals surface area contributed by atoms with Crippen LogP contribution in [0.5, 0.6) is 5.88 Å². The van der Waals surface area contributed by atoms with Crippen molar-refractivity contribution in [3.8, 4) is 11.9 Å². The van der Waals surface area contributed by atoms with Gasteiger partial charge in [0.2, 0.25) is 5.88 Å². The lowest BCUT2D eigenvalue weighted by molar-refractivity contribution is 0.447. The molecule has 1 heterocycles. The Morgan fingerprint density at radius 3 is 3.00 bits per heavy atom. The Morgan fingerprint density at radius 1 is 1.57 bits per heavy atom. The Morgan fingerprint density at radius 2 is 2.36 bits per heavy atom. The number of hydrogen-bond acceptors (Lipinski definition) is 4. The Hall–Kier alpha value is -1.83. The van der Waals surface area contributed by atoms with Crippen LogP contribution in [0, 0.1) is 11.3 Å². The molecule has 0 saturated carbocycles. The number of aryl methyl sites for hydroxylation is 1. The molecule has 0 aliphatic carbocycles. The summed E-state index contributed by atoms with van der Waals surface area (Å²) in [6, 6.07) is 3.06. The van der Waals surface area contributed by atoms with Crippen LogP contribution < -0.4 is 5.56 Å². The molecule has 0 unspecified atom stereocenters. The van der Waals surface area contributed by atoms with Gasteiger partial charge in [-0.25, -0.2) is 4.98 Å². The standard InChI is InChI=1S/C9H11N3O2/c10-5-3-1-2-4-7-11-8(13)6-9(14)12-7/h6H,1-4H2,(H2,11,12,13,14). The lowest BCUT2D eigenvalue weighted by atomic mass is 10.2. The molecule has 0 fully saturated rings. The van der Waals surface area contributed by atoms with E-state index in [2.05, 4.69) is 9.97 Å². The molecule has 2 N–H and O–H groups in total. The van der Waals surface area contributed by atoms with Gasteiger partial charge >= 0.3 is 0 Å². The van der Waals surface area contributed by atoms with Crippen LogP contribution in [0.4, 0.5) is 0 Å². The molecule has 0 spiro atoms. The Bertz CT molecular complexity index is 392. The van der Waals surface area contributed by atoms with Gasteiger partial charge in [0.25, 0.3) is 5.56 Å². The number of nitrogens with zero attached hydrogens (tertiary/aromatic N) is 2. The number of aromatic nitrogens is 2. The number of unbranched alkanes of at least 4 members (excludes halogenated alkanes) is 2. The van der Waals surface area contributed by atoms with E-state index in [-0.39, 0.29) is 11.4 Å². The first-order chi connectivity index (χ1) is 6.72. The van der Waals surface area contributed by atoms with Gasteiger partial charge in [0.1, 0.15) is 5.82 Å². The minimum Gasteiger partial charge on any atom is -0.493 e. The number of rotatable bonds is 4. The maximum atomic E-state index is 10.9. The lowest BCUT2D eigenvalue weighted by Gasteiger charge is -1.98. The zero-order valence-electron chi connectivity index (χ0n) is 7.66. The van der Waals surface area contributed by atoms with Crippen LogP contribution >= 0.6 is 0 Å². The highest BCUT2D eigenvalue weighted by Gasteiger charge is 1.99. The zero-order chi connectivity index (χ0) is 10.4. The Balaban J connectivity index is 2.51. The predicted molar refractivity (Wildman–Crippen MR) is 49.7 cm³/mol. The molecule has 1 aromatic heterocycles. The Labute approximate surface area is 81.0 Å². The lowest BCUT2D eigenvalue weighted by Crippen LogP contribution is -2.09. The van der Waals surface area contributed by atoms with Crippen molar-refractivity contribution in [3.05, 3.63) is 22.2 Å². The van der Waals surface area contributed by atoms with E-state index in [9.17, 15) is 4.79 Å². The van der Waals surface area contributed by atoms with Gasteiger partial charge in [0.15, 0.2) is 0 Å². The molecule has 0 amide bonds. The second-order valence-corrected chi connectivity index (χ2v) is 2.92. The molecule has 0 radical (unpaired) electrons. The van der Waals surface area contributed by atoms with E-state index in [0.717, 1.165) is 18.9 Å². The molecule has 5 heteroatoms. The molecule has 0 saturated heterocycles. The van der Waals surface area contributed by atoms with Crippen LogP contribution in [0.1, 0.15) is 25.1 Å². The molecule has 1 rings (SSSR count). The molecule has 5 nitrogen and oxygen atoms in total. The molecule has 14 heavy (non-hydrogen) atoms. The maximum Gasteiger partial charge on any atom is 0.254 e. The summed E-state index contributed by atoms with van der Waals surface area (Å²) in [7, 11) is 0. The highest BCUT2D eigenvalue weighted by molar-refractivity contribution is 5.06. The second-order valence-electron chi connectivity index (χ2n) is 2.92. The summed E-state index contributed by atoms with van der Waals surface area (Å²) in [5.74, 6) is 0.206. The molecular formula is C9H11N3O2. The minimum atomic E-state index is -0.354. The summed E-state index contributed by atoms with van der Waals surface area (Å²) in [6.45, 7) is 0. The van der Waals surface area contributed by atoms with E-state index >= 15 is 0 Å². The molecule has 0 aliphatic rings. The predicted octanol–water partition coefficient (Wildman–Crippen LogP) is 0.712. The summed E-state index contributed by atoms with van der Waals surface area (Å²) in [5, 5.41) is 17.3. The van der Waals surface area contributed by atoms with Crippen molar-refractivity contribution < 1.29 is 5.11 Å². The van der Waals surface area contributed by atoms with Crippen molar-refractivity contribution >= 4 is 0 Å². The summed E-state index contributed by atoms with van der Waals surface area (Å²) in [4.78, 5) is 17.2. The fourth-order valence-electron chi connectivity index (χ4n) is 1.11. The maximum absolute atomic E-state index is 10.9. The summed E-state index contributed by atoms with van der Waals surface area (Å²) in [6.07, 6.45) is 2.63. The number of hydrogen-bond donors (Lipinski definition) is 2. The monoisotopic (exact) mass is 193 g/mol. The van der Waals surface area contributed by atoms with E-state index in [4.69, 9.17) is 10.4 Å². The molecule has 74 valence electrons. The summed E-state index contributed by atoms with van der Waals surface area (Å²) >= 11 is 0. The van der Waals surface area contributed by atoms with Gasteiger partial charge in [-0.15, -0.1) is 0 Å². The third-order valence-electron chi connectivity index (χ3n) is 1.73. The van der Waals surface area contributed by atoms with Crippen LogP contribution in [0.25, 0.3) is 0 Å². The summed E-state index contributed by atoms with van der Waals surface area (Å²) < 4.78 is 0. The van der Waals surface area contributed by atoms with Crippen LogP contribution in [-0.2, 0) is 6.42 Å². The highest BCUT2D eigenvalue weighted by atomic mass is 16.3.